The molecule has 1 aliphatic heterocycles. The van der Waals surface area contributed by atoms with Crippen LogP contribution in [0.4, 0.5) is 0 Å². The topological polar surface area (TPSA) is 108 Å². The van der Waals surface area contributed by atoms with Gasteiger partial charge in [-0.3, -0.25) is 9.59 Å². The Morgan fingerprint density at radius 1 is 1.32 bits per heavy atom. The fourth-order valence-corrected chi connectivity index (χ4v) is 1.74. The number of carboxylic acids is 1. The van der Waals surface area contributed by atoms with E-state index in [0.717, 1.165) is 6.42 Å². The molecule has 8 nitrogen and oxygen atoms in total. The minimum atomic E-state index is -1.16. The molecule has 0 radical (unpaired) electrons. The lowest BCUT2D eigenvalue weighted by molar-refractivity contribution is -0.140. The molecule has 126 valence electrons. The highest BCUT2D eigenvalue weighted by atomic mass is 16.6. The Morgan fingerprint density at radius 2 is 1.95 bits per heavy atom. The van der Waals surface area contributed by atoms with Gasteiger partial charge in [-0.15, -0.1) is 0 Å². The van der Waals surface area contributed by atoms with Crippen molar-refractivity contribution in [2.24, 2.45) is 5.92 Å². The van der Waals surface area contributed by atoms with Crippen molar-refractivity contribution in [1.82, 2.24) is 10.2 Å². The molecular weight excluding hydrogens is 292 g/mol. The maximum absolute atomic E-state index is 11.9. The molecule has 1 rings (SSSR count). The molecule has 1 fully saturated rings. The first-order valence-electron chi connectivity index (χ1n) is 7.26. The average molecular weight is 316 g/mol. The summed E-state index contributed by atoms with van der Waals surface area (Å²) in [7, 11) is 3.23. The van der Waals surface area contributed by atoms with Crippen molar-refractivity contribution in [3.63, 3.8) is 0 Å². The highest BCUT2D eigenvalue weighted by Gasteiger charge is 2.51. The second kappa shape index (κ2) is 8.09. The van der Waals surface area contributed by atoms with Gasteiger partial charge in [-0.1, -0.05) is 20.3 Å². The van der Waals surface area contributed by atoms with E-state index in [1.54, 1.807) is 14.1 Å². The van der Waals surface area contributed by atoms with E-state index in [0.29, 0.717) is 6.42 Å². The zero-order valence-corrected chi connectivity index (χ0v) is 13.4. The van der Waals surface area contributed by atoms with Crippen LogP contribution in [0.2, 0.25) is 0 Å². The second-order valence-electron chi connectivity index (χ2n) is 5.66. The maximum Gasteiger partial charge on any atom is 0.336 e. The van der Waals surface area contributed by atoms with Crippen LogP contribution in [0.25, 0.3) is 0 Å². The van der Waals surface area contributed by atoms with E-state index in [2.05, 4.69) is 5.32 Å². The summed E-state index contributed by atoms with van der Waals surface area (Å²) in [6, 6.07) is 0. The Morgan fingerprint density at radius 3 is 2.41 bits per heavy atom. The Hall–Kier alpha value is -1.67. The largest absolute Gasteiger partial charge is 0.479 e. The number of amides is 2. The third kappa shape index (κ3) is 5.61. The van der Waals surface area contributed by atoms with Crippen molar-refractivity contribution in [3.8, 4) is 0 Å². The Labute approximate surface area is 129 Å². The highest BCUT2D eigenvalue weighted by Crippen LogP contribution is 2.23. The molecule has 0 saturated carbocycles. The summed E-state index contributed by atoms with van der Waals surface area (Å²) in [5.41, 5.74) is 0. The molecule has 1 unspecified atom stereocenters. The number of ether oxygens (including phenoxy) is 2. The van der Waals surface area contributed by atoms with Crippen molar-refractivity contribution in [2.75, 3.05) is 20.7 Å². The van der Waals surface area contributed by atoms with Crippen LogP contribution >= 0.6 is 0 Å². The summed E-state index contributed by atoms with van der Waals surface area (Å²) in [4.78, 5) is 35.6. The Balaban J connectivity index is 2.52. The molecule has 2 amide bonds. The van der Waals surface area contributed by atoms with Gasteiger partial charge in [-0.25, -0.2) is 4.79 Å². The molecule has 2 N–H and O–H groups in total. The summed E-state index contributed by atoms with van der Waals surface area (Å²) in [5.74, 6) is -1.62. The SMILES string of the molecule is CC[C@H](C)CC(NC(=O)[C@H]1O[C@@H]1C(=O)O)OCC(=O)N(C)C. The molecule has 1 heterocycles. The second-order valence-corrected chi connectivity index (χ2v) is 5.66. The van der Waals surface area contributed by atoms with Crippen LogP contribution < -0.4 is 5.32 Å². The first kappa shape index (κ1) is 18.4. The molecule has 4 atom stereocenters. The van der Waals surface area contributed by atoms with Crippen LogP contribution in [0.15, 0.2) is 0 Å². The van der Waals surface area contributed by atoms with Crippen LogP contribution in [0.1, 0.15) is 26.7 Å². The number of epoxide rings is 1. The lowest BCUT2D eigenvalue weighted by Crippen LogP contribution is -2.43. The van der Waals surface area contributed by atoms with E-state index in [9.17, 15) is 14.4 Å². The van der Waals surface area contributed by atoms with Gasteiger partial charge in [0.25, 0.3) is 5.91 Å². The van der Waals surface area contributed by atoms with Gasteiger partial charge in [0.15, 0.2) is 12.2 Å². The third-order valence-corrected chi connectivity index (χ3v) is 3.52. The number of nitrogens with one attached hydrogen (secondary N) is 1. The average Bonchev–Trinajstić information content (AvgIpc) is 3.24. The summed E-state index contributed by atoms with van der Waals surface area (Å²) in [6.07, 6.45) is -1.29. The summed E-state index contributed by atoms with van der Waals surface area (Å²) < 4.78 is 10.2. The standard InChI is InChI=1S/C14H24N2O6/c1-5-8(2)6-9(21-7-10(17)16(3)4)15-13(18)11-12(22-11)14(19)20/h8-9,11-12H,5-7H2,1-4H3,(H,15,18)(H,19,20)/t8-,9?,11-,12-/m0/s1. The number of hydrogen-bond acceptors (Lipinski definition) is 5. The number of carbonyl (C=O) groups is 3. The van der Waals surface area contributed by atoms with Gasteiger partial charge in [0, 0.05) is 14.1 Å². The summed E-state index contributed by atoms with van der Waals surface area (Å²) in [5, 5.41) is 11.3. The van der Waals surface area contributed by atoms with Crippen molar-refractivity contribution in [2.45, 2.75) is 45.1 Å². The first-order valence-corrected chi connectivity index (χ1v) is 7.26. The van der Waals surface area contributed by atoms with Crippen molar-refractivity contribution in [1.29, 1.82) is 0 Å². The molecule has 1 saturated heterocycles. The molecule has 0 spiro atoms. The molecule has 0 aromatic carbocycles. The third-order valence-electron chi connectivity index (χ3n) is 3.52. The molecule has 1 aliphatic rings. The number of nitrogens with zero attached hydrogens (tertiary/aromatic N) is 1. The fourth-order valence-electron chi connectivity index (χ4n) is 1.74. The maximum atomic E-state index is 11.9. The molecule has 0 aliphatic carbocycles. The molecule has 0 aromatic rings. The van der Waals surface area contributed by atoms with Crippen molar-refractivity contribution >= 4 is 17.8 Å². The minimum absolute atomic E-state index is 0.151. The van der Waals surface area contributed by atoms with E-state index < -0.39 is 30.3 Å². The van der Waals surface area contributed by atoms with Crippen LogP contribution in [0.5, 0.6) is 0 Å². The minimum Gasteiger partial charge on any atom is -0.479 e. The van der Waals surface area contributed by atoms with E-state index in [1.165, 1.54) is 4.90 Å². The fraction of sp³-hybridized carbons (Fsp3) is 0.786. The molecule has 0 bridgehead atoms. The summed E-state index contributed by atoms with van der Waals surface area (Å²) in [6.45, 7) is 3.87. The van der Waals surface area contributed by atoms with E-state index in [1.807, 2.05) is 13.8 Å². The van der Waals surface area contributed by atoms with Crippen LogP contribution in [-0.4, -0.2) is 66.9 Å². The number of carboxylic acid groups (broad SMARTS) is 1. The van der Waals surface area contributed by atoms with Crippen molar-refractivity contribution in [3.05, 3.63) is 0 Å². The predicted molar refractivity (Wildman–Crippen MR) is 76.9 cm³/mol. The van der Waals surface area contributed by atoms with E-state index in [4.69, 9.17) is 14.6 Å². The van der Waals surface area contributed by atoms with E-state index in [-0.39, 0.29) is 18.4 Å². The smallest absolute Gasteiger partial charge is 0.336 e. The van der Waals surface area contributed by atoms with E-state index >= 15 is 0 Å². The molecule has 8 heteroatoms. The Kier molecular flexibility index (Phi) is 6.76. The van der Waals surface area contributed by atoms with Crippen LogP contribution in [0.3, 0.4) is 0 Å². The summed E-state index contributed by atoms with van der Waals surface area (Å²) >= 11 is 0. The van der Waals surface area contributed by atoms with Crippen LogP contribution in [0, 0.1) is 5.92 Å². The van der Waals surface area contributed by atoms with Gasteiger partial charge in [0.05, 0.1) is 0 Å². The van der Waals surface area contributed by atoms with Gasteiger partial charge < -0.3 is 24.8 Å². The number of carbonyl (C=O) groups excluding carboxylic acids is 2. The van der Waals surface area contributed by atoms with Gasteiger partial charge in [-0.2, -0.15) is 0 Å². The van der Waals surface area contributed by atoms with Gasteiger partial charge in [0.1, 0.15) is 12.8 Å². The number of hydrogen-bond donors (Lipinski definition) is 2. The van der Waals surface area contributed by atoms with Crippen molar-refractivity contribution < 1.29 is 29.0 Å². The molecule has 0 aromatic heterocycles. The Bertz CT molecular complexity index is 426. The predicted octanol–water partition coefficient (Wildman–Crippen LogP) is -0.178. The van der Waals surface area contributed by atoms with Gasteiger partial charge in [0.2, 0.25) is 5.91 Å². The monoisotopic (exact) mass is 316 g/mol. The number of aliphatic carboxylic acids is 1. The first-order chi connectivity index (χ1) is 10.3. The zero-order chi connectivity index (χ0) is 16.9. The van der Waals surface area contributed by atoms with Gasteiger partial charge >= 0.3 is 5.97 Å². The lowest BCUT2D eigenvalue weighted by Gasteiger charge is -2.22. The van der Waals surface area contributed by atoms with Crippen LogP contribution in [-0.2, 0) is 23.9 Å². The lowest BCUT2D eigenvalue weighted by atomic mass is 10.0. The molecule has 22 heavy (non-hydrogen) atoms. The zero-order valence-electron chi connectivity index (χ0n) is 13.4. The van der Waals surface area contributed by atoms with Gasteiger partial charge in [-0.05, 0) is 12.3 Å². The highest BCUT2D eigenvalue weighted by molar-refractivity contribution is 5.92. The molecular formula is C14H24N2O6. The normalized spacial score (nSPS) is 22.5. The quantitative estimate of drug-likeness (QED) is 0.451. The number of rotatable bonds is 9. The number of likely N-dealkylation sites (N-methyl/N-ethyl adjacent to an activating group) is 1.